The second-order valence-electron chi connectivity index (χ2n) is 4.93. The van der Waals surface area contributed by atoms with Crippen LogP contribution in [-0.2, 0) is 4.79 Å². The van der Waals surface area contributed by atoms with Gasteiger partial charge in [0.2, 0.25) is 0 Å². The van der Waals surface area contributed by atoms with Crippen LogP contribution < -0.4 is 0 Å². The van der Waals surface area contributed by atoms with Crippen LogP contribution in [0, 0.1) is 23.7 Å². The van der Waals surface area contributed by atoms with Crippen molar-refractivity contribution in [2.45, 2.75) is 40.0 Å². The summed E-state index contributed by atoms with van der Waals surface area (Å²) in [6.07, 6.45) is 3.59. The van der Waals surface area contributed by atoms with Crippen molar-refractivity contribution >= 4 is 18.4 Å². The minimum absolute atomic E-state index is 0.141. The van der Waals surface area contributed by atoms with Gasteiger partial charge in [0.15, 0.2) is 0 Å². The third-order valence-electron chi connectivity index (χ3n) is 3.55. The van der Waals surface area contributed by atoms with Crippen LogP contribution in [0.4, 0.5) is 0 Å². The number of carbonyl (C=O) groups excluding carboxylic acids is 1. The van der Waals surface area contributed by atoms with Crippen LogP contribution in [0.25, 0.3) is 0 Å². The molecule has 0 aromatic rings. The van der Waals surface area contributed by atoms with Gasteiger partial charge in [0.05, 0.1) is 0 Å². The highest BCUT2D eigenvalue weighted by Gasteiger charge is 2.35. The number of thiol groups is 1. The van der Waals surface area contributed by atoms with E-state index in [1.807, 2.05) is 6.92 Å². The number of hydrogen-bond acceptors (Lipinski definition) is 2. The first-order valence-electron chi connectivity index (χ1n) is 5.72. The summed E-state index contributed by atoms with van der Waals surface area (Å²) in [6, 6.07) is 0. The molecule has 0 aromatic heterocycles. The van der Waals surface area contributed by atoms with E-state index in [4.69, 9.17) is 0 Å². The van der Waals surface area contributed by atoms with Crippen LogP contribution >= 0.6 is 12.6 Å². The van der Waals surface area contributed by atoms with Gasteiger partial charge in [-0.3, -0.25) is 4.79 Å². The predicted octanol–water partition coefficient (Wildman–Crippen LogP) is 3.19. The quantitative estimate of drug-likeness (QED) is 0.711. The van der Waals surface area contributed by atoms with Gasteiger partial charge in [0.25, 0.3) is 0 Å². The summed E-state index contributed by atoms with van der Waals surface area (Å²) in [7, 11) is 0. The molecule has 2 heteroatoms. The molecule has 0 radical (unpaired) electrons. The molecule has 1 aliphatic carbocycles. The maximum absolute atomic E-state index is 12.0. The molecule has 14 heavy (non-hydrogen) atoms. The highest BCUT2D eigenvalue weighted by Crippen LogP contribution is 2.38. The number of hydrogen-bond donors (Lipinski definition) is 1. The van der Waals surface area contributed by atoms with Gasteiger partial charge >= 0.3 is 0 Å². The molecule has 0 aromatic carbocycles. The molecule has 82 valence electrons. The Morgan fingerprint density at radius 1 is 1.36 bits per heavy atom. The van der Waals surface area contributed by atoms with E-state index in [0.29, 0.717) is 29.3 Å². The normalized spacial score (nSPS) is 29.5. The SMILES string of the molecule is CC(C)[C@@H]1CCCC1C(=O)[C@H](C)CS. The Balaban J connectivity index is 2.62. The van der Waals surface area contributed by atoms with E-state index in [2.05, 4.69) is 26.5 Å². The summed E-state index contributed by atoms with van der Waals surface area (Å²) < 4.78 is 0. The molecule has 0 bridgehead atoms. The van der Waals surface area contributed by atoms with Gasteiger partial charge in [0, 0.05) is 11.8 Å². The average molecular weight is 214 g/mol. The second-order valence-corrected chi connectivity index (χ2v) is 5.30. The molecule has 1 unspecified atom stereocenters. The fraction of sp³-hybridized carbons (Fsp3) is 0.917. The molecule has 3 atom stereocenters. The summed E-state index contributed by atoms with van der Waals surface area (Å²) in [6.45, 7) is 6.48. The average Bonchev–Trinajstić information content (AvgIpc) is 2.63. The Morgan fingerprint density at radius 3 is 2.50 bits per heavy atom. The van der Waals surface area contributed by atoms with Gasteiger partial charge in [-0.25, -0.2) is 0 Å². The Bertz CT molecular complexity index is 200. The smallest absolute Gasteiger partial charge is 0.139 e. The zero-order chi connectivity index (χ0) is 10.7. The third-order valence-corrected chi connectivity index (χ3v) is 4.10. The van der Waals surface area contributed by atoms with Crippen LogP contribution in [0.15, 0.2) is 0 Å². The molecule has 0 amide bonds. The Labute approximate surface area is 93.1 Å². The van der Waals surface area contributed by atoms with Crippen LogP contribution in [0.2, 0.25) is 0 Å². The first-order valence-corrected chi connectivity index (χ1v) is 6.35. The maximum Gasteiger partial charge on any atom is 0.139 e. The van der Waals surface area contributed by atoms with Crippen molar-refractivity contribution in [3.63, 3.8) is 0 Å². The van der Waals surface area contributed by atoms with Gasteiger partial charge in [0.1, 0.15) is 5.78 Å². The molecular weight excluding hydrogens is 192 g/mol. The lowest BCUT2D eigenvalue weighted by Crippen LogP contribution is -2.28. The maximum atomic E-state index is 12.0. The predicted molar refractivity (Wildman–Crippen MR) is 63.7 cm³/mol. The highest BCUT2D eigenvalue weighted by atomic mass is 32.1. The number of Topliss-reactive ketones (excluding diaryl/α,β-unsaturated/α-hetero) is 1. The number of ketones is 1. The van der Waals surface area contributed by atoms with E-state index in [1.54, 1.807) is 0 Å². The molecule has 1 rings (SSSR count). The van der Waals surface area contributed by atoms with E-state index in [-0.39, 0.29) is 5.92 Å². The Hall–Kier alpha value is 0.0200. The molecule has 0 heterocycles. The van der Waals surface area contributed by atoms with Crippen molar-refractivity contribution in [1.82, 2.24) is 0 Å². The minimum atomic E-state index is 0.141. The first kappa shape index (κ1) is 12.1. The Morgan fingerprint density at radius 2 is 2.00 bits per heavy atom. The van der Waals surface area contributed by atoms with Crippen LogP contribution in [0.1, 0.15) is 40.0 Å². The number of carbonyl (C=O) groups is 1. The topological polar surface area (TPSA) is 17.1 Å². The van der Waals surface area contributed by atoms with Crippen molar-refractivity contribution in [1.29, 1.82) is 0 Å². The van der Waals surface area contributed by atoms with Crippen molar-refractivity contribution in [3.05, 3.63) is 0 Å². The summed E-state index contributed by atoms with van der Waals surface area (Å²) >= 11 is 4.21. The van der Waals surface area contributed by atoms with Gasteiger partial charge in [-0.15, -0.1) is 0 Å². The number of rotatable bonds is 4. The van der Waals surface area contributed by atoms with Gasteiger partial charge in [-0.2, -0.15) is 12.6 Å². The van der Waals surface area contributed by atoms with Crippen LogP contribution in [0.5, 0.6) is 0 Å². The van der Waals surface area contributed by atoms with Crippen molar-refractivity contribution < 1.29 is 4.79 Å². The first-order chi connectivity index (χ1) is 6.57. The van der Waals surface area contributed by atoms with E-state index < -0.39 is 0 Å². The molecule has 1 fully saturated rings. The van der Waals surface area contributed by atoms with Crippen LogP contribution in [-0.4, -0.2) is 11.5 Å². The highest BCUT2D eigenvalue weighted by molar-refractivity contribution is 7.80. The lowest BCUT2D eigenvalue weighted by molar-refractivity contribution is -0.127. The third kappa shape index (κ3) is 2.53. The van der Waals surface area contributed by atoms with E-state index in [1.165, 1.54) is 12.8 Å². The second kappa shape index (κ2) is 5.20. The minimum Gasteiger partial charge on any atom is -0.299 e. The fourth-order valence-corrected chi connectivity index (χ4v) is 2.78. The monoisotopic (exact) mass is 214 g/mol. The molecule has 1 saturated carbocycles. The molecule has 0 spiro atoms. The zero-order valence-corrected chi connectivity index (χ0v) is 10.4. The largest absolute Gasteiger partial charge is 0.299 e. The van der Waals surface area contributed by atoms with Gasteiger partial charge < -0.3 is 0 Å². The molecule has 1 nitrogen and oxygen atoms in total. The summed E-state index contributed by atoms with van der Waals surface area (Å²) in [4.78, 5) is 12.0. The van der Waals surface area contributed by atoms with Gasteiger partial charge in [-0.1, -0.05) is 27.2 Å². The van der Waals surface area contributed by atoms with Crippen molar-refractivity contribution in [2.24, 2.45) is 23.7 Å². The Kier molecular flexibility index (Phi) is 4.49. The van der Waals surface area contributed by atoms with E-state index in [9.17, 15) is 4.79 Å². The molecular formula is C12H22OS. The summed E-state index contributed by atoms with van der Waals surface area (Å²) in [5.41, 5.74) is 0. The lowest BCUT2D eigenvalue weighted by atomic mass is 9.81. The summed E-state index contributed by atoms with van der Waals surface area (Å²) in [5, 5.41) is 0. The van der Waals surface area contributed by atoms with E-state index in [0.717, 1.165) is 6.42 Å². The van der Waals surface area contributed by atoms with Crippen molar-refractivity contribution in [2.75, 3.05) is 5.75 Å². The lowest BCUT2D eigenvalue weighted by Gasteiger charge is -2.24. The van der Waals surface area contributed by atoms with E-state index >= 15 is 0 Å². The fourth-order valence-electron chi connectivity index (χ4n) is 2.60. The zero-order valence-electron chi connectivity index (χ0n) is 9.49. The van der Waals surface area contributed by atoms with Crippen LogP contribution in [0.3, 0.4) is 0 Å². The molecule has 0 saturated heterocycles. The standard InChI is InChI=1S/C12H22OS/c1-8(2)10-5-4-6-11(10)12(13)9(3)7-14/h8-11,14H,4-7H2,1-3H3/t9-,10+,11?/m1/s1. The summed E-state index contributed by atoms with van der Waals surface area (Å²) in [5.74, 6) is 2.90. The molecule has 1 aliphatic rings. The molecule has 0 aliphatic heterocycles. The van der Waals surface area contributed by atoms with Crippen molar-refractivity contribution in [3.8, 4) is 0 Å². The molecule has 0 N–H and O–H groups in total. The van der Waals surface area contributed by atoms with Gasteiger partial charge in [-0.05, 0) is 30.4 Å².